The van der Waals surface area contributed by atoms with Gasteiger partial charge in [0.1, 0.15) is 12.2 Å². The van der Waals surface area contributed by atoms with Crippen molar-refractivity contribution in [3.63, 3.8) is 0 Å². The van der Waals surface area contributed by atoms with Crippen molar-refractivity contribution in [2.45, 2.75) is 51.3 Å². The maximum absolute atomic E-state index is 11.0. The van der Waals surface area contributed by atoms with Gasteiger partial charge >= 0.3 is 5.97 Å². The zero-order chi connectivity index (χ0) is 11.4. The number of fused-ring (bicyclic) bond motifs is 1. The van der Waals surface area contributed by atoms with Crippen LogP contribution in [-0.2, 0) is 14.3 Å². The summed E-state index contributed by atoms with van der Waals surface area (Å²) in [5, 5.41) is 19.4. The van der Waals surface area contributed by atoms with Crippen molar-refractivity contribution in [2.24, 2.45) is 5.41 Å². The van der Waals surface area contributed by atoms with Crippen LogP contribution in [0.1, 0.15) is 20.8 Å². The second-order valence-electron chi connectivity index (χ2n) is 5.22. The fourth-order valence-electron chi connectivity index (χ4n) is 2.14. The summed E-state index contributed by atoms with van der Waals surface area (Å²) in [4.78, 5) is 11.0. The monoisotopic (exact) mass is 216 g/mol. The number of carbonyl (C=O) groups excluding carboxylic acids is 1. The van der Waals surface area contributed by atoms with E-state index in [2.05, 4.69) is 0 Å². The number of hydrogen-bond acceptors (Lipinski definition) is 5. The Morgan fingerprint density at radius 2 is 1.80 bits per heavy atom. The number of aliphatic hydroxyl groups is 2. The lowest BCUT2D eigenvalue weighted by molar-refractivity contribution is -0.155. The van der Waals surface area contributed by atoms with Gasteiger partial charge in [0.25, 0.3) is 0 Å². The Labute approximate surface area is 88.0 Å². The van der Waals surface area contributed by atoms with E-state index < -0.39 is 36.5 Å². The van der Waals surface area contributed by atoms with E-state index in [1.807, 2.05) is 20.8 Å². The van der Waals surface area contributed by atoms with E-state index in [4.69, 9.17) is 9.47 Å². The molecule has 0 spiro atoms. The van der Waals surface area contributed by atoms with Crippen LogP contribution < -0.4 is 0 Å². The molecule has 2 saturated heterocycles. The van der Waals surface area contributed by atoms with Crippen LogP contribution in [0.25, 0.3) is 0 Å². The van der Waals surface area contributed by atoms with E-state index in [1.54, 1.807) is 0 Å². The summed E-state index contributed by atoms with van der Waals surface area (Å²) in [7, 11) is 0. The second kappa shape index (κ2) is 3.17. The highest BCUT2D eigenvalue weighted by Gasteiger charge is 2.58. The average molecular weight is 216 g/mol. The number of hydrogen-bond donors (Lipinski definition) is 2. The molecular formula is C10H16O5. The average Bonchev–Trinajstić information content (AvgIpc) is 2.54. The summed E-state index contributed by atoms with van der Waals surface area (Å²) < 4.78 is 10.4. The van der Waals surface area contributed by atoms with Crippen LogP contribution >= 0.6 is 0 Å². The van der Waals surface area contributed by atoms with Crippen molar-refractivity contribution < 1.29 is 24.5 Å². The Bertz CT molecular complexity index is 282. The molecule has 0 aromatic rings. The van der Waals surface area contributed by atoms with Gasteiger partial charge in [-0.3, -0.25) is 0 Å². The first-order chi connectivity index (χ1) is 6.82. The SMILES string of the molecule is CC(C)(C)C1O[C@H]2C(OC(=O)[C@H]2O)[C@@H]1O. The molecule has 86 valence electrons. The maximum Gasteiger partial charge on any atom is 0.338 e. The van der Waals surface area contributed by atoms with Crippen molar-refractivity contribution in [2.75, 3.05) is 0 Å². The summed E-state index contributed by atoms with van der Waals surface area (Å²) >= 11 is 0. The topological polar surface area (TPSA) is 76.0 Å². The summed E-state index contributed by atoms with van der Waals surface area (Å²) in [6.07, 6.45) is -4.00. The van der Waals surface area contributed by atoms with Gasteiger partial charge in [0.15, 0.2) is 12.2 Å². The Hall–Kier alpha value is -0.650. The number of ether oxygens (including phenoxy) is 2. The molecule has 2 aliphatic rings. The summed E-state index contributed by atoms with van der Waals surface area (Å²) in [5.74, 6) is -0.712. The van der Waals surface area contributed by atoms with Crippen LogP contribution in [0.3, 0.4) is 0 Å². The molecule has 0 bridgehead atoms. The van der Waals surface area contributed by atoms with Crippen molar-refractivity contribution in [3.05, 3.63) is 0 Å². The summed E-state index contributed by atoms with van der Waals surface area (Å²) in [6.45, 7) is 5.78. The summed E-state index contributed by atoms with van der Waals surface area (Å²) in [6, 6.07) is 0. The van der Waals surface area contributed by atoms with Crippen molar-refractivity contribution in [1.82, 2.24) is 0 Å². The molecule has 2 rings (SSSR count). The molecule has 2 heterocycles. The Balaban J connectivity index is 2.18. The maximum atomic E-state index is 11.0. The van der Waals surface area contributed by atoms with Gasteiger partial charge in [-0.2, -0.15) is 0 Å². The predicted octanol–water partition coefficient (Wildman–Crippen LogP) is -0.553. The highest BCUT2D eigenvalue weighted by molar-refractivity contribution is 5.78. The molecule has 5 atom stereocenters. The minimum atomic E-state index is -1.27. The first-order valence-electron chi connectivity index (χ1n) is 5.04. The van der Waals surface area contributed by atoms with E-state index in [1.165, 1.54) is 0 Å². The normalized spacial score (nSPS) is 45.4. The van der Waals surface area contributed by atoms with Gasteiger partial charge < -0.3 is 19.7 Å². The van der Waals surface area contributed by atoms with Crippen molar-refractivity contribution in [3.8, 4) is 0 Å². The molecule has 2 N–H and O–H groups in total. The van der Waals surface area contributed by atoms with Gasteiger partial charge in [-0.05, 0) is 5.41 Å². The number of rotatable bonds is 0. The Kier molecular flexibility index (Phi) is 2.29. The van der Waals surface area contributed by atoms with Gasteiger partial charge in [-0.25, -0.2) is 4.79 Å². The van der Waals surface area contributed by atoms with Crippen molar-refractivity contribution >= 4 is 5.97 Å². The molecule has 2 unspecified atom stereocenters. The van der Waals surface area contributed by atoms with Gasteiger partial charge in [-0.1, -0.05) is 20.8 Å². The standard InChI is InChI=1S/C10H16O5/c1-10(2,3)8-4(11)6-7(14-8)5(12)9(13)15-6/h4-8,11-12H,1-3H3/t4-,5-,6?,7+,8?/m0/s1. The van der Waals surface area contributed by atoms with Crippen LogP contribution in [0, 0.1) is 5.41 Å². The molecule has 15 heavy (non-hydrogen) atoms. The van der Waals surface area contributed by atoms with Crippen LogP contribution in [0.15, 0.2) is 0 Å². The van der Waals surface area contributed by atoms with E-state index >= 15 is 0 Å². The van der Waals surface area contributed by atoms with Crippen LogP contribution in [0.2, 0.25) is 0 Å². The Morgan fingerprint density at radius 3 is 2.27 bits per heavy atom. The molecular weight excluding hydrogens is 200 g/mol. The molecule has 0 aromatic carbocycles. The number of carbonyl (C=O) groups is 1. The van der Waals surface area contributed by atoms with E-state index in [9.17, 15) is 15.0 Å². The quantitative estimate of drug-likeness (QED) is 0.531. The highest BCUT2D eigenvalue weighted by atomic mass is 16.6. The highest BCUT2D eigenvalue weighted by Crippen LogP contribution is 2.39. The first kappa shape index (κ1) is 10.9. The van der Waals surface area contributed by atoms with Gasteiger partial charge in [0.2, 0.25) is 0 Å². The molecule has 2 aliphatic heterocycles. The second-order valence-corrected chi connectivity index (χ2v) is 5.22. The fourth-order valence-corrected chi connectivity index (χ4v) is 2.14. The Morgan fingerprint density at radius 1 is 1.20 bits per heavy atom. The van der Waals surface area contributed by atoms with Crippen LogP contribution in [-0.4, -0.2) is 46.7 Å². The van der Waals surface area contributed by atoms with Gasteiger partial charge in [-0.15, -0.1) is 0 Å². The lowest BCUT2D eigenvalue weighted by Crippen LogP contribution is -2.39. The third-order valence-electron chi connectivity index (χ3n) is 2.93. The molecule has 0 saturated carbocycles. The van der Waals surface area contributed by atoms with Crippen LogP contribution in [0.5, 0.6) is 0 Å². The lowest BCUT2D eigenvalue weighted by atomic mass is 9.85. The van der Waals surface area contributed by atoms with E-state index in [-0.39, 0.29) is 5.41 Å². The lowest BCUT2D eigenvalue weighted by Gasteiger charge is -2.29. The number of esters is 1. The third-order valence-corrected chi connectivity index (χ3v) is 2.93. The molecule has 0 aromatic heterocycles. The molecule has 5 nitrogen and oxygen atoms in total. The van der Waals surface area contributed by atoms with Crippen LogP contribution in [0.4, 0.5) is 0 Å². The smallest absolute Gasteiger partial charge is 0.338 e. The minimum absolute atomic E-state index is 0.254. The zero-order valence-electron chi connectivity index (χ0n) is 9.01. The van der Waals surface area contributed by atoms with Gasteiger partial charge in [0, 0.05) is 0 Å². The molecule has 0 aliphatic carbocycles. The zero-order valence-corrected chi connectivity index (χ0v) is 9.01. The molecule has 5 heteroatoms. The molecule has 0 amide bonds. The molecule has 0 radical (unpaired) electrons. The minimum Gasteiger partial charge on any atom is -0.455 e. The molecule has 2 fully saturated rings. The first-order valence-corrected chi connectivity index (χ1v) is 5.04. The van der Waals surface area contributed by atoms with E-state index in [0.29, 0.717) is 0 Å². The summed E-state index contributed by atoms with van der Waals surface area (Å²) in [5.41, 5.74) is -0.254. The van der Waals surface area contributed by atoms with Gasteiger partial charge in [0.05, 0.1) is 6.10 Å². The number of aliphatic hydroxyl groups excluding tert-OH is 2. The predicted molar refractivity (Wildman–Crippen MR) is 50.0 cm³/mol. The fraction of sp³-hybridized carbons (Fsp3) is 0.900. The van der Waals surface area contributed by atoms with E-state index in [0.717, 1.165) is 0 Å². The van der Waals surface area contributed by atoms with Crippen molar-refractivity contribution in [1.29, 1.82) is 0 Å². The third kappa shape index (κ3) is 1.55. The largest absolute Gasteiger partial charge is 0.455 e.